The minimum absolute atomic E-state index is 0.0195. The molecule has 0 aliphatic heterocycles. The predicted molar refractivity (Wildman–Crippen MR) is 128 cm³/mol. The molecule has 1 aliphatic carbocycles. The zero-order valence-electron chi connectivity index (χ0n) is 18.3. The third kappa shape index (κ3) is 5.79. The molecule has 1 amide bonds. The molecule has 7 heteroatoms. The second-order valence-electron chi connectivity index (χ2n) is 8.38. The summed E-state index contributed by atoms with van der Waals surface area (Å²) in [5.74, 6) is -0.381. The third-order valence-corrected chi connectivity index (χ3v) is 7.06. The summed E-state index contributed by atoms with van der Waals surface area (Å²) in [5.41, 5.74) is 1.29. The number of Topliss-reactive ketones (excluding diaryl/α,β-unsaturated/α-hetero) is 1. The quantitative estimate of drug-likeness (QED) is 0.330. The Kier molecular flexibility index (Phi) is 7.40. The first-order valence-electron chi connectivity index (χ1n) is 11.3. The van der Waals surface area contributed by atoms with Crippen molar-refractivity contribution in [2.24, 2.45) is 5.92 Å². The zero-order valence-corrected chi connectivity index (χ0v) is 19.1. The number of ketones is 1. The van der Waals surface area contributed by atoms with Gasteiger partial charge < -0.3 is 15.2 Å². The number of aliphatic carboxylic acids is 1. The molecule has 0 bridgehead atoms. The van der Waals surface area contributed by atoms with E-state index in [1.807, 2.05) is 29.6 Å². The van der Waals surface area contributed by atoms with Crippen LogP contribution in [0.4, 0.5) is 0 Å². The fourth-order valence-corrected chi connectivity index (χ4v) is 5.12. The van der Waals surface area contributed by atoms with E-state index in [-0.39, 0.29) is 23.7 Å². The monoisotopic (exact) mass is 465 g/mol. The lowest BCUT2D eigenvalue weighted by molar-refractivity contribution is -0.143. The lowest BCUT2D eigenvalue weighted by Crippen LogP contribution is -2.27. The SMILES string of the molecule is O=C(CCCNC(=O)c1csc2ccccc12)c1ccc(OC2CCC(C(=O)O)CC2)cc1. The largest absolute Gasteiger partial charge is 0.490 e. The summed E-state index contributed by atoms with van der Waals surface area (Å²) in [5, 5.41) is 14.8. The Balaban J connectivity index is 1.20. The molecule has 172 valence electrons. The Labute approximate surface area is 196 Å². The number of hydrogen-bond donors (Lipinski definition) is 2. The van der Waals surface area contributed by atoms with Crippen LogP contribution in [0.25, 0.3) is 10.1 Å². The smallest absolute Gasteiger partial charge is 0.306 e. The highest BCUT2D eigenvalue weighted by Crippen LogP contribution is 2.28. The average molecular weight is 466 g/mol. The third-order valence-electron chi connectivity index (χ3n) is 6.09. The molecule has 6 nitrogen and oxygen atoms in total. The van der Waals surface area contributed by atoms with E-state index in [4.69, 9.17) is 9.84 Å². The summed E-state index contributed by atoms with van der Waals surface area (Å²) < 4.78 is 7.04. The molecule has 1 saturated carbocycles. The summed E-state index contributed by atoms with van der Waals surface area (Å²) in [6, 6.07) is 14.9. The van der Waals surface area contributed by atoms with Gasteiger partial charge in [0.2, 0.25) is 0 Å². The van der Waals surface area contributed by atoms with Crippen LogP contribution in [-0.4, -0.2) is 35.4 Å². The van der Waals surface area contributed by atoms with Gasteiger partial charge in [0.05, 0.1) is 17.6 Å². The molecule has 0 radical (unpaired) electrons. The van der Waals surface area contributed by atoms with E-state index in [1.54, 1.807) is 35.6 Å². The highest BCUT2D eigenvalue weighted by atomic mass is 32.1. The van der Waals surface area contributed by atoms with Crippen LogP contribution in [0.15, 0.2) is 53.9 Å². The van der Waals surface area contributed by atoms with Crippen LogP contribution in [0, 0.1) is 5.92 Å². The van der Waals surface area contributed by atoms with Crippen LogP contribution in [-0.2, 0) is 4.79 Å². The molecule has 2 aromatic carbocycles. The summed E-state index contributed by atoms with van der Waals surface area (Å²) >= 11 is 1.55. The Hall–Kier alpha value is -3.19. The van der Waals surface area contributed by atoms with Gasteiger partial charge in [-0.05, 0) is 62.4 Å². The molecule has 33 heavy (non-hydrogen) atoms. The van der Waals surface area contributed by atoms with Crippen molar-refractivity contribution in [3.8, 4) is 5.75 Å². The van der Waals surface area contributed by atoms with E-state index < -0.39 is 5.97 Å². The highest BCUT2D eigenvalue weighted by molar-refractivity contribution is 7.17. The Morgan fingerprint density at radius 3 is 2.45 bits per heavy atom. The highest BCUT2D eigenvalue weighted by Gasteiger charge is 2.26. The van der Waals surface area contributed by atoms with Gasteiger partial charge in [0.25, 0.3) is 5.91 Å². The summed E-state index contributed by atoms with van der Waals surface area (Å²) in [6.07, 6.45) is 3.66. The number of fused-ring (bicyclic) bond motifs is 1. The van der Waals surface area contributed by atoms with Gasteiger partial charge in [-0.15, -0.1) is 11.3 Å². The molecule has 1 heterocycles. The summed E-state index contributed by atoms with van der Waals surface area (Å²) in [4.78, 5) is 36.0. The van der Waals surface area contributed by atoms with Crippen molar-refractivity contribution in [1.29, 1.82) is 0 Å². The average Bonchev–Trinajstić information content (AvgIpc) is 3.27. The van der Waals surface area contributed by atoms with E-state index in [0.717, 1.165) is 22.9 Å². The Morgan fingerprint density at radius 1 is 1.00 bits per heavy atom. The lowest BCUT2D eigenvalue weighted by Gasteiger charge is -2.26. The van der Waals surface area contributed by atoms with Crippen LogP contribution in [0.2, 0.25) is 0 Å². The van der Waals surface area contributed by atoms with E-state index in [9.17, 15) is 14.4 Å². The maximum atomic E-state index is 12.5. The fourth-order valence-electron chi connectivity index (χ4n) is 4.18. The van der Waals surface area contributed by atoms with Crippen LogP contribution >= 0.6 is 11.3 Å². The van der Waals surface area contributed by atoms with Crippen molar-refractivity contribution in [2.75, 3.05) is 6.54 Å². The number of benzene rings is 2. The number of ether oxygens (including phenoxy) is 1. The lowest BCUT2D eigenvalue weighted by atomic mass is 9.87. The van der Waals surface area contributed by atoms with Gasteiger partial charge in [-0.3, -0.25) is 14.4 Å². The number of nitrogens with one attached hydrogen (secondary N) is 1. The number of thiophene rings is 1. The number of carbonyl (C=O) groups is 3. The molecule has 0 unspecified atom stereocenters. The molecule has 2 N–H and O–H groups in total. The van der Waals surface area contributed by atoms with Gasteiger partial charge in [-0.25, -0.2) is 0 Å². The molecule has 0 spiro atoms. The van der Waals surface area contributed by atoms with E-state index in [0.29, 0.717) is 49.1 Å². The van der Waals surface area contributed by atoms with Gasteiger partial charge in [-0.1, -0.05) is 18.2 Å². The molecular weight excluding hydrogens is 438 g/mol. The van der Waals surface area contributed by atoms with Crippen LogP contribution in [0.5, 0.6) is 5.75 Å². The second-order valence-corrected chi connectivity index (χ2v) is 9.29. The topological polar surface area (TPSA) is 92.7 Å². The van der Waals surface area contributed by atoms with Gasteiger partial charge in [0.15, 0.2) is 5.78 Å². The van der Waals surface area contributed by atoms with Gasteiger partial charge in [0, 0.05) is 34.0 Å². The first-order valence-corrected chi connectivity index (χ1v) is 12.2. The van der Waals surface area contributed by atoms with Crippen LogP contribution in [0.3, 0.4) is 0 Å². The van der Waals surface area contributed by atoms with Crippen molar-refractivity contribution < 1.29 is 24.2 Å². The number of hydrogen-bond acceptors (Lipinski definition) is 5. The van der Waals surface area contributed by atoms with Crippen molar-refractivity contribution in [3.63, 3.8) is 0 Å². The van der Waals surface area contributed by atoms with Crippen LogP contribution in [0.1, 0.15) is 59.2 Å². The van der Waals surface area contributed by atoms with E-state index >= 15 is 0 Å². The minimum atomic E-state index is -0.726. The van der Waals surface area contributed by atoms with Gasteiger partial charge in [0.1, 0.15) is 5.75 Å². The van der Waals surface area contributed by atoms with E-state index in [2.05, 4.69) is 5.32 Å². The number of rotatable bonds is 9. The number of amides is 1. The Morgan fingerprint density at radius 2 is 1.73 bits per heavy atom. The molecular formula is C26H27NO5S. The first kappa shape index (κ1) is 23.0. The molecule has 0 saturated heterocycles. The van der Waals surface area contributed by atoms with Crippen molar-refractivity contribution in [1.82, 2.24) is 5.32 Å². The molecule has 1 fully saturated rings. The number of carboxylic acids is 1. The van der Waals surface area contributed by atoms with Crippen molar-refractivity contribution >= 4 is 39.1 Å². The molecule has 1 aliphatic rings. The van der Waals surface area contributed by atoms with E-state index in [1.165, 1.54) is 0 Å². The Bertz CT molecular complexity index is 1130. The van der Waals surface area contributed by atoms with Crippen molar-refractivity contribution in [3.05, 3.63) is 65.0 Å². The summed E-state index contributed by atoms with van der Waals surface area (Å²) in [7, 11) is 0. The minimum Gasteiger partial charge on any atom is -0.490 e. The van der Waals surface area contributed by atoms with Gasteiger partial charge in [-0.2, -0.15) is 0 Å². The normalized spacial score (nSPS) is 18.1. The standard InChI is InChI=1S/C26H27NO5S/c28-23(5-3-15-27-25(29)22-16-33-24-6-2-1-4-21(22)24)17-7-11-19(12-8-17)32-20-13-9-18(10-14-20)26(30)31/h1-2,4,6-8,11-12,16,18,20H,3,5,9-10,13-15H2,(H,27,29)(H,30,31). The maximum Gasteiger partial charge on any atom is 0.306 e. The van der Waals surface area contributed by atoms with Crippen molar-refractivity contribution in [2.45, 2.75) is 44.6 Å². The predicted octanol–water partition coefficient (Wildman–Crippen LogP) is 5.32. The maximum absolute atomic E-state index is 12.5. The van der Waals surface area contributed by atoms with Crippen LogP contribution < -0.4 is 10.1 Å². The number of carbonyl (C=O) groups excluding carboxylic acids is 2. The molecule has 4 rings (SSSR count). The summed E-state index contributed by atoms with van der Waals surface area (Å²) in [6.45, 7) is 0.439. The number of carboxylic acid groups (broad SMARTS) is 1. The second kappa shape index (κ2) is 10.6. The molecule has 3 aromatic rings. The fraction of sp³-hybridized carbons (Fsp3) is 0.346. The zero-order chi connectivity index (χ0) is 23.2. The molecule has 1 aromatic heterocycles. The first-order chi connectivity index (χ1) is 16.0. The van der Waals surface area contributed by atoms with Gasteiger partial charge >= 0.3 is 5.97 Å². The molecule has 0 atom stereocenters.